The molecule has 0 atom stereocenters. The number of anilines is 1. The number of amidine groups is 1. The Balaban J connectivity index is 1.92. The van der Waals surface area contributed by atoms with Crippen LogP contribution in [0.5, 0.6) is 0 Å². The molecule has 0 saturated carbocycles. The molecule has 2 N–H and O–H groups in total. The zero-order valence-electron chi connectivity index (χ0n) is 14.0. The normalized spacial score (nSPS) is 19.4. The Morgan fingerprint density at radius 1 is 1.04 bits per heavy atom. The standard InChI is InChI=1S/C18H13N3O4S2/c1-10-6-8-11(9-7-10)27(24,25)21-13-5-3-2-4-12(13)14(17(21)23)15-16(22)20-18(19)26-15/h2-9H,1H3,(H2,19,20,22). The summed E-state index contributed by atoms with van der Waals surface area (Å²) in [5.74, 6) is -1.44. The highest BCUT2D eigenvalue weighted by molar-refractivity contribution is 8.18. The third-order valence-electron chi connectivity index (χ3n) is 4.19. The molecule has 0 fully saturated rings. The molecule has 2 aromatic carbocycles. The van der Waals surface area contributed by atoms with E-state index in [0.29, 0.717) is 5.56 Å². The Hall–Kier alpha value is -2.91. The summed E-state index contributed by atoms with van der Waals surface area (Å²) < 4.78 is 27.1. The van der Waals surface area contributed by atoms with Crippen molar-refractivity contribution in [2.45, 2.75) is 11.8 Å². The molecule has 7 nitrogen and oxygen atoms in total. The van der Waals surface area contributed by atoms with Gasteiger partial charge in [-0.15, -0.1) is 0 Å². The van der Waals surface area contributed by atoms with E-state index in [1.807, 2.05) is 6.92 Å². The lowest BCUT2D eigenvalue weighted by molar-refractivity contribution is -0.114. The van der Waals surface area contributed by atoms with Crippen molar-refractivity contribution in [3.05, 3.63) is 64.6 Å². The maximum absolute atomic E-state index is 13.2. The zero-order valence-corrected chi connectivity index (χ0v) is 15.7. The van der Waals surface area contributed by atoms with E-state index in [-0.39, 0.29) is 26.2 Å². The molecule has 2 amide bonds. The van der Waals surface area contributed by atoms with Crippen molar-refractivity contribution < 1.29 is 18.0 Å². The Bertz CT molecular complexity index is 1170. The van der Waals surface area contributed by atoms with Crippen LogP contribution in [-0.2, 0) is 19.6 Å². The van der Waals surface area contributed by atoms with Crippen LogP contribution in [-0.4, -0.2) is 25.4 Å². The molecule has 2 aliphatic heterocycles. The molecule has 0 saturated heterocycles. The molecular formula is C18H13N3O4S2. The zero-order chi connectivity index (χ0) is 19.3. The van der Waals surface area contributed by atoms with Crippen LogP contribution in [0.3, 0.4) is 0 Å². The van der Waals surface area contributed by atoms with Crippen molar-refractivity contribution >= 4 is 50.0 Å². The van der Waals surface area contributed by atoms with E-state index >= 15 is 0 Å². The Labute approximate surface area is 159 Å². The maximum atomic E-state index is 13.2. The van der Waals surface area contributed by atoms with Gasteiger partial charge in [0.2, 0.25) is 0 Å². The van der Waals surface area contributed by atoms with Gasteiger partial charge in [-0.05, 0) is 36.9 Å². The smallest absolute Gasteiger partial charge is 0.287 e. The van der Waals surface area contributed by atoms with Crippen LogP contribution in [0.1, 0.15) is 11.1 Å². The van der Waals surface area contributed by atoms with Crippen molar-refractivity contribution in [3.63, 3.8) is 0 Å². The first-order valence-corrected chi connectivity index (χ1v) is 10.1. The van der Waals surface area contributed by atoms with Crippen LogP contribution < -0.4 is 10.0 Å². The number of amides is 2. The number of nitrogens with zero attached hydrogens (tertiary/aromatic N) is 2. The number of para-hydroxylation sites is 1. The van der Waals surface area contributed by atoms with Gasteiger partial charge in [-0.25, -0.2) is 8.42 Å². The lowest BCUT2D eigenvalue weighted by Crippen LogP contribution is -2.33. The minimum atomic E-state index is -4.15. The van der Waals surface area contributed by atoms with E-state index in [4.69, 9.17) is 5.73 Å². The predicted molar refractivity (Wildman–Crippen MR) is 103 cm³/mol. The van der Waals surface area contributed by atoms with E-state index in [9.17, 15) is 18.0 Å². The lowest BCUT2D eigenvalue weighted by atomic mass is 10.1. The number of carbonyl (C=O) groups is 2. The maximum Gasteiger partial charge on any atom is 0.287 e. The van der Waals surface area contributed by atoms with Crippen molar-refractivity contribution in [2.75, 3.05) is 4.31 Å². The van der Waals surface area contributed by atoms with E-state index in [1.165, 1.54) is 18.2 Å². The van der Waals surface area contributed by atoms with Crippen LogP contribution in [0.25, 0.3) is 5.57 Å². The van der Waals surface area contributed by atoms with Gasteiger partial charge in [-0.3, -0.25) is 9.59 Å². The summed E-state index contributed by atoms with van der Waals surface area (Å²) in [6, 6.07) is 12.6. The molecule has 136 valence electrons. The molecule has 27 heavy (non-hydrogen) atoms. The molecular weight excluding hydrogens is 386 g/mol. The van der Waals surface area contributed by atoms with Gasteiger partial charge in [0, 0.05) is 5.56 Å². The minimum Gasteiger partial charge on any atom is -0.378 e. The summed E-state index contributed by atoms with van der Waals surface area (Å²) in [4.78, 5) is 28.9. The lowest BCUT2D eigenvalue weighted by Gasteiger charge is -2.17. The van der Waals surface area contributed by atoms with Crippen LogP contribution in [0.2, 0.25) is 0 Å². The van der Waals surface area contributed by atoms with Gasteiger partial charge in [0.25, 0.3) is 21.8 Å². The van der Waals surface area contributed by atoms with Crippen molar-refractivity contribution in [2.24, 2.45) is 10.7 Å². The Kier molecular flexibility index (Phi) is 3.93. The fourth-order valence-electron chi connectivity index (χ4n) is 2.94. The SMILES string of the molecule is Cc1ccc(S(=O)(=O)N2C(=O)C(=C3SC(N)=NC3=O)c3ccccc32)cc1. The highest BCUT2D eigenvalue weighted by Gasteiger charge is 2.44. The number of hydrogen-bond acceptors (Lipinski definition) is 6. The molecule has 9 heteroatoms. The van der Waals surface area contributed by atoms with Gasteiger partial charge in [0.05, 0.1) is 21.1 Å². The Morgan fingerprint density at radius 3 is 2.33 bits per heavy atom. The number of aryl methyl sites for hydroxylation is 1. The molecule has 2 heterocycles. The van der Waals surface area contributed by atoms with Crippen molar-refractivity contribution in [1.82, 2.24) is 0 Å². The molecule has 0 unspecified atom stereocenters. The number of benzene rings is 2. The highest BCUT2D eigenvalue weighted by atomic mass is 32.2. The molecule has 0 spiro atoms. The van der Waals surface area contributed by atoms with E-state index in [0.717, 1.165) is 21.6 Å². The van der Waals surface area contributed by atoms with E-state index in [2.05, 4.69) is 4.99 Å². The summed E-state index contributed by atoms with van der Waals surface area (Å²) >= 11 is 0.864. The van der Waals surface area contributed by atoms with Crippen LogP contribution >= 0.6 is 11.8 Å². The second-order valence-corrected chi connectivity index (χ2v) is 8.78. The average Bonchev–Trinajstić information content (AvgIpc) is 3.10. The monoisotopic (exact) mass is 399 g/mol. The molecule has 2 aromatic rings. The Morgan fingerprint density at radius 2 is 1.70 bits per heavy atom. The molecule has 0 aromatic heterocycles. The highest BCUT2D eigenvalue weighted by Crippen LogP contribution is 2.44. The van der Waals surface area contributed by atoms with Crippen molar-refractivity contribution in [1.29, 1.82) is 0 Å². The second-order valence-electron chi connectivity index (χ2n) is 5.97. The summed E-state index contributed by atoms with van der Waals surface area (Å²) in [7, 11) is -4.15. The molecule has 4 rings (SSSR count). The fraction of sp³-hybridized carbons (Fsp3) is 0.0556. The van der Waals surface area contributed by atoms with Crippen LogP contribution in [0, 0.1) is 6.92 Å². The number of aliphatic imine (C=N–C) groups is 1. The number of thioether (sulfide) groups is 1. The number of carbonyl (C=O) groups excluding carboxylic acids is 2. The second kappa shape index (κ2) is 6.07. The van der Waals surface area contributed by atoms with E-state index < -0.39 is 21.8 Å². The minimum absolute atomic E-state index is 0.000451. The van der Waals surface area contributed by atoms with Gasteiger partial charge in [-0.2, -0.15) is 9.30 Å². The number of nitrogens with two attached hydrogens (primary N) is 1. The number of hydrogen-bond donors (Lipinski definition) is 1. The first-order valence-electron chi connectivity index (χ1n) is 7.87. The topological polar surface area (TPSA) is 110 Å². The predicted octanol–water partition coefficient (Wildman–Crippen LogP) is 2.03. The summed E-state index contributed by atoms with van der Waals surface area (Å²) in [5.41, 5.74) is 7.04. The number of fused-ring (bicyclic) bond motifs is 1. The summed E-state index contributed by atoms with van der Waals surface area (Å²) in [6.07, 6.45) is 0. The molecule has 0 radical (unpaired) electrons. The third kappa shape index (κ3) is 2.66. The van der Waals surface area contributed by atoms with Gasteiger partial charge < -0.3 is 5.73 Å². The van der Waals surface area contributed by atoms with Gasteiger partial charge in [-0.1, -0.05) is 35.9 Å². The van der Waals surface area contributed by atoms with Gasteiger partial charge in [0.15, 0.2) is 5.17 Å². The fourth-order valence-corrected chi connectivity index (χ4v) is 5.13. The van der Waals surface area contributed by atoms with Gasteiger partial charge in [0.1, 0.15) is 0 Å². The first kappa shape index (κ1) is 17.5. The largest absolute Gasteiger partial charge is 0.378 e. The van der Waals surface area contributed by atoms with Crippen LogP contribution in [0.15, 0.2) is 63.3 Å². The quantitative estimate of drug-likeness (QED) is 0.774. The first-order chi connectivity index (χ1) is 12.8. The van der Waals surface area contributed by atoms with Gasteiger partial charge >= 0.3 is 0 Å². The summed E-state index contributed by atoms with van der Waals surface area (Å²) in [6.45, 7) is 1.84. The summed E-state index contributed by atoms with van der Waals surface area (Å²) in [5, 5.41) is 0.0209. The molecule has 2 aliphatic rings. The molecule has 0 bridgehead atoms. The average molecular weight is 399 g/mol. The van der Waals surface area contributed by atoms with Crippen LogP contribution in [0.4, 0.5) is 5.69 Å². The number of sulfonamides is 1. The molecule has 0 aliphatic carbocycles. The van der Waals surface area contributed by atoms with E-state index in [1.54, 1.807) is 30.3 Å². The third-order valence-corrected chi connectivity index (χ3v) is 6.78. The van der Waals surface area contributed by atoms with Crippen molar-refractivity contribution in [3.8, 4) is 0 Å². The number of rotatable bonds is 2.